The van der Waals surface area contributed by atoms with Crippen LogP contribution >= 0.6 is 0 Å². The first-order valence-corrected chi connectivity index (χ1v) is 9.36. The summed E-state index contributed by atoms with van der Waals surface area (Å²) < 4.78 is 3.80. The summed E-state index contributed by atoms with van der Waals surface area (Å²) in [4.78, 5) is 12.6. The summed E-state index contributed by atoms with van der Waals surface area (Å²) in [7, 11) is 0. The minimum atomic E-state index is -0.0471. The number of hydrogen-bond acceptors (Lipinski definition) is 2. The summed E-state index contributed by atoms with van der Waals surface area (Å²) in [6, 6.07) is 24.0. The van der Waals surface area contributed by atoms with E-state index in [1.165, 1.54) is 11.1 Å². The van der Waals surface area contributed by atoms with Gasteiger partial charge in [-0.15, -0.1) is 0 Å². The molecule has 0 radical (unpaired) electrons. The summed E-state index contributed by atoms with van der Waals surface area (Å²) in [6.07, 6.45) is 6.40. The van der Waals surface area contributed by atoms with Crippen molar-refractivity contribution in [3.63, 3.8) is 0 Å². The highest BCUT2D eigenvalue weighted by Gasteiger charge is 2.10. The van der Waals surface area contributed by atoms with Crippen molar-refractivity contribution in [2.45, 2.75) is 13.0 Å². The van der Waals surface area contributed by atoms with Gasteiger partial charge in [0, 0.05) is 31.7 Å². The Balaban J connectivity index is 1.32. The number of amides is 1. The van der Waals surface area contributed by atoms with Crippen LogP contribution in [0, 0.1) is 0 Å². The molecule has 0 bridgehead atoms. The van der Waals surface area contributed by atoms with Gasteiger partial charge in [0.1, 0.15) is 5.69 Å². The average molecular weight is 370 g/mol. The second-order valence-electron chi connectivity index (χ2n) is 6.63. The minimum Gasteiger partial charge on any atom is -0.350 e. The van der Waals surface area contributed by atoms with Crippen molar-refractivity contribution in [1.29, 1.82) is 0 Å². The highest BCUT2D eigenvalue weighted by atomic mass is 16.1. The van der Waals surface area contributed by atoms with E-state index in [1.807, 2.05) is 70.2 Å². The number of benzene rings is 2. The lowest BCUT2D eigenvalue weighted by Gasteiger charge is -2.10. The molecule has 0 unspecified atom stereocenters. The van der Waals surface area contributed by atoms with Crippen LogP contribution < -0.4 is 5.32 Å². The molecule has 0 saturated carbocycles. The normalized spacial score (nSPS) is 10.7. The van der Waals surface area contributed by atoms with E-state index in [9.17, 15) is 4.79 Å². The van der Waals surface area contributed by atoms with E-state index in [0.717, 1.165) is 12.1 Å². The molecular formula is C23H22N4O. The Kier molecular flexibility index (Phi) is 5.33. The Hall–Kier alpha value is -3.60. The molecule has 4 rings (SSSR count). The molecule has 1 amide bonds. The predicted molar refractivity (Wildman–Crippen MR) is 110 cm³/mol. The standard InChI is InChI=1S/C23H22N4O/c28-23(22-8-4-16-26(22)18-20-6-2-1-3-7-20)24-15-13-19-9-11-21(12-10-19)27-17-5-14-25-27/h1-12,14,16-17H,13,15,18H2,(H,24,28). The third kappa shape index (κ3) is 4.20. The Bertz CT molecular complexity index is 1020. The smallest absolute Gasteiger partial charge is 0.267 e. The molecule has 0 fully saturated rings. The van der Waals surface area contributed by atoms with Gasteiger partial charge < -0.3 is 9.88 Å². The third-order valence-electron chi connectivity index (χ3n) is 4.66. The van der Waals surface area contributed by atoms with Crippen molar-refractivity contribution in [3.8, 4) is 5.69 Å². The molecule has 1 N–H and O–H groups in total. The molecule has 0 aliphatic rings. The van der Waals surface area contributed by atoms with Gasteiger partial charge in [0.15, 0.2) is 0 Å². The van der Waals surface area contributed by atoms with Crippen molar-refractivity contribution in [3.05, 3.63) is 108 Å². The maximum Gasteiger partial charge on any atom is 0.267 e. The predicted octanol–water partition coefficient (Wildman–Crippen LogP) is 3.69. The van der Waals surface area contributed by atoms with Gasteiger partial charge in [-0.1, -0.05) is 42.5 Å². The zero-order valence-corrected chi connectivity index (χ0v) is 15.5. The molecule has 0 aliphatic carbocycles. The number of carbonyl (C=O) groups is 1. The van der Waals surface area contributed by atoms with Crippen LogP contribution in [0.3, 0.4) is 0 Å². The van der Waals surface area contributed by atoms with Gasteiger partial charge in [0.05, 0.1) is 5.69 Å². The quantitative estimate of drug-likeness (QED) is 0.539. The molecule has 4 aromatic rings. The van der Waals surface area contributed by atoms with E-state index in [2.05, 4.69) is 34.7 Å². The molecule has 0 saturated heterocycles. The highest BCUT2D eigenvalue weighted by molar-refractivity contribution is 5.92. The second kappa shape index (κ2) is 8.39. The van der Waals surface area contributed by atoms with Crippen molar-refractivity contribution >= 4 is 5.91 Å². The van der Waals surface area contributed by atoms with Crippen LogP contribution in [0.15, 0.2) is 91.4 Å². The van der Waals surface area contributed by atoms with E-state index < -0.39 is 0 Å². The summed E-state index contributed by atoms with van der Waals surface area (Å²) >= 11 is 0. The van der Waals surface area contributed by atoms with Gasteiger partial charge in [-0.05, 0) is 47.9 Å². The molecule has 0 atom stereocenters. The van der Waals surface area contributed by atoms with Crippen LogP contribution in [0.25, 0.3) is 5.69 Å². The van der Waals surface area contributed by atoms with Gasteiger partial charge in [-0.3, -0.25) is 4.79 Å². The van der Waals surface area contributed by atoms with Crippen LogP contribution in [0.5, 0.6) is 0 Å². The maximum absolute atomic E-state index is 12.6. The lowest BCUT2D eigenvalue weighted by Crippen LogP contribution is -2.28. The molecule has 140 valence electrons. The van der Waals surface area contributed by atoms with Gasteiger partial charge in [0.25, 0.3) is 5.91 Å². The first kappa shape index (κ1) is 17.8. The molecule has 2 heterocycles. The number of rotatable bonds is 7. The average Bonchev–Trinajstić information content (AvgIpc) is 3.41. The third-order valence-corrected chi connectivity index (χ3v) is 4.66. The van der Waals surface area contributed by atoms with Crippen molar-refractivity contribution < 1.29 is 4.79 Å². The van der Waals surface area contributed by atoms with Crippen LogP contribution in [0.2, 0.25) is 0 Å². The molecule has 0 spiro atoms. The molecule has 28 heavy (non-hydrogen) atoms. The van der Waals surface area contributed by atoms with E-state index in [-0.39, 0.29) is 5.91 Å². The van der Waals surface area contributed by atoms with Crippen molar-refractivity contribution in [1.82, 2.24) is 19.7 Å². The van der Waals surface area contributed by atoms with Gasteiger partial charge >= 0.3 is 0 Å². The molecule has 2 aromatic carbocycles. The van der Waals surface area contributed by atoms with E-state index in [0.29, 0.717) is 18.8 Å². The Morgan fingerprint density at radius 2 is 1.68 bits per heavy atom. The number of carbonyl (C=O) groups excluding carboxylic acids is 1. The fourth-order valence-corrected chi connectivity index (χ4v) is 3.19. The Labute approximate surface area is 164 Å². The van der Waals surface area contributed by atoms with E-state index >= 15 is 0 Å². The maximum atomic E-state index is 12.6. The minimum absolute atomic E-state index is 0.0471. The Morgan fingerprint density at radius 1 is 0.857 bits per heavy atom. The molecule has 5 nitrogen and oxygen atoms in total. The van der Waals surface area contributed by atoms with E-state index in [1.54, 1.807) is 6.20 Å². The van der Waals surface area contributed by atoms with E-state index in [4.69, 9.17) is 0 Å². The number of nitrogens with zero attached hydrogens (tertiary/aromatic N) is 3. The molecule has 0 aliphatic heterocycles. The van der Waals surface area contributed by atoms with Crippen LogP contribution in [0.1, 0.15) is 21.6 Å². The first-order valence-electron chi connectivity index (χ1n) is 9.36. The Morgan fingerprint density at radius 3 is 2.43 bits per heavy atom. The van der Waals surface area contributed by atoms with Crippen molar-refractivity contribution in [2.24, 2.45) is 0 Å². The van der Waals surface area contributed by atoms with Crippen LogP contribution in [-0.2, 0) is 13.0 Å². The SMILES string of the molecule is O=C(NCCc1ccc(-n2cccn2)cc1)c1cccn1Cc1ccccc1. The molecule has 2 aromatic heterocycles. The zero-order valence-electron chi connectivity index (χ0n) is 15.5. The second-order valence-corrected chi connectivity index (χ2v) is 6.63. The summed E-state index contributed by atoms with van der Waals surface area (Å²) in [6.45, 7) is 1.28. The van der Waals surface area contributed by atoms with Gasteiger partial charge in [0.2, 0.25) is 0 Å². The molecular weight excluding hydrogens is 348 g/mol. The highest BCUT2D eigenvalue weighted by Crippen LogP contribution is 2.10. The van der Waals surface area contributed by atoms with Gasteiger partial charge in [-0.25, -0.2) is 4.68 Å². The largest absolute Gasteiger partial charge is 0.350 e. The zero-order chi connectivity index (χ0) is 19.2. The van der Waals surface area contributed by atoms with Crippen LogP contribution in [-0.4, -0.2) is 26.8 Å². The lowest BCUT2D eigenvalue weighted by molar-refractivity contribution is 0.0945. The summed E-state index contributed by atoms with van der Waals surface area (Å²) in [5, 5.41) is 7.25. The number of aromatic nitrogens is 3. The fourth-order valence-electron chi connectivity index (χ4n) is 3.19. The van der Waals surface area contributed by atoms with Crippen LogP contribution in [0.4, 0.5) is 0 Å². The topological polar surface area (TPSA) is 51.9 Å². The monoisotopic (exact) mass is 370 g/mol. The number of nitrogens with one attached hydrogen (secondary N) is 1. The summed E-state index contributed by atoms with van der Waals surface area (Å²) in [5.74, 6) is -0.0471. The molecule has 5 heteroatoms. The lowest BCUT2D eigenvalue weighted by atomic mass is 10.1. The fraction of sp³-hybridized carbons (Fsp3) is 0.130. The first-order chi connectivity index (χ1) is 13.8. The summed E-state index contributed by atoms with van der Waals surface area (Å²) in [5.41, 5.74) is 4.05. The number of hydrogen-bond donors (Lipinski definition) is 1. The van der Waals surface area contributed by atoms with Crippen molar-refractivity contribution in [2.75, 3.05) is 6.54 Å². The van der Waals surface area contributed by atoms with Gasteiger partial charge in [-0.2, -0.15) is 5.10 Å².